The number of aliphatic carboxylic acids is 1. The number of nitrogens with one attached hydrogen (secondary N) is 2. The van der Waals surface area contributed by atoms with Crippen LogP contribution >= 0.6 is 0 Å². The number of carboxylic acids is 1. The second kappa shape index (κ2) is 6.60. The summed E-state index contributed by atoms with van der Waals surface area (Å²) in [5, 5.41) is 26.4. The zero-order valence-corrected chi connectivity index (χ0v) is 9.96. The van der Waals surface area contributed by atoms with Crippen molar-refractivity contribution in [1.82, 2.24) is 20.4 Å². The molecule has 0 unspecified atom stereocenters. The molecule has 0 saturated heterocycles. The molecule has 8 heteroatoms. The monoisotopic (exact) mass is 256 g/mol. The highest BCUT2D eigenvalue weighted by molar-refractivity contribution is 5.74. The van der Waals surface area contributed by atoms with E-state index >= 15 is 0 Å². The minimum atomic E-state index is -1.45. The molecule has 0 aromatic carbocycles. The first-order chi connectivity index (χ1) is 8.50. The molecular weight excluding hydrogens is 240 g/mol. The van der Waals surface area contributed by atoms with E-state index in [1.807, 2.05) is 0 Å². The lowest BCUT2D eigenvalue weighted by Gasteiger charge is -2.17. The van der Waals surface area contributed by atoms with Crippen LogP contribution in [0.1, 0.15) is 12.0 Å². The first kappa shape index (κ1) is 14.0. The van der Waals surface area contributed by atoms with Crippen LogP contribution in [-0.4, -0.2) is 57.0 Å². The Labute approximate surface area is 104 Å². The first-order valence-electron chi connectivity index (χ1n) is 5.38. The number of hydrogen-bond acceptors (Lipinski definition) is 4. The van der Waals surface area contributed by atoms with E-state index < -0.39 is 12.1 Å². The molecule has 2 amide bonds. The molecule has 1 heterocycles. The number of H-pyrrole nitrogens is 1. The topological polar surface area (TPSA) is 119 Å². The van der Waals surface area contributed by atoms with Gasteiger partial charge in [-0.3, -0.25) is 5.10 Å². The van der Waals surface area contributed by atoms with Crippen LogP contribution in [0.15, 0.2) is 12.4 Å². The molecular formula is C10H16N4O4. The quantitative estimate of drug-likeness (QED) is 0.541. The maximum atomic E-state index is 11.6. The van der Waals surface area contributed by atoms with E-state index in [1.165, 1.54) is 4.90 Å². The summed E-state index contributed by atoms with van der Waals surface area (Å²) < 4.78 is 0. The van der Waals surface area contributed by atoms with Crippen molar-refractivity contribution in [2.45, 2.75) is 19.1 Å². The van der Waals surface area contributed by atoms with Crippen molar-refractivity contribution in [1.29, 1.82) is 0 Å². The van der Waals surface area contributed by atoms with Crippen LogP contribution < -0.4 is 5.32 Å². The Bertz CT molecular complexity index is 393. The van der Waals surface area contributed by atoms with Gasteiger partial charge in [0.25, 0.3) is 0 Å². The van der Waals surface area contributed by atoms with Crippen molar-refractivity contribution >= 4 is 12.0 Å². The Morgan fingerprint density at radius 3 is 2.89 bits per heavy atom. The molecule has 0 aliphatic carbocycles. The number of aromatic nitrogens is 2. The number of nitrogens with zero attached hydrogens (tertiary/aromatic N) is 2. The van der Waals surface area contributed by atoms with Crippen LogP contribution in [-0.2, 0) is 11.3 Å². The number of rotatable bonds is 6. The van der Waals surface area contributed by atoms with Gasteiger partial charge in [0.15, 0.2) is 6.10 Å². The normalized spacial score (nSPS) is 11.9. The van der Waals surface area contributed by atoms with E-state index in [9.17, 15) is 9.59 Å². The van der Waals surface area contributed by atoms with Crippen molar-refractivity contribution in [2.24, 2.45) is 0 Å². The Balaban J connectivity index is 2.26. The van der Waals surface area contributed by atoms with Gasteiger partial charge in [-0.2, -0.15) is 5.10 Å². The fourth-order valence-corrected chi connectivity index (χ4v) is 1.28. The van der Waals surface area contributed by atoms with Crippen molar-refractivity contribution in [3.63, 3.8) is 0 Å². The predicted octanol–water partition coefficient (Wildman–Crippen LogP) is -0.613. The van der Waals surface area contributed by atoms with Gasteiger partial charge in [-0.05, 0) is 0 Å². The Kier molecular flexibility index (Phi) is 5.12. The molecule has 18 heavy (non-hydrogen) atoms. The molecule has 0 aliphatic rings. The van der Waals surface area contributed by atoms with Crippen LogP contribution in [0, 0.1) is 0 Å². The Hall–Kier alpha value is -2.09. The van der Waals surface area contributed by atoms with Gasteiger partial charge in [0.2, 0.25) is 0 Å². The van der Waals surface area contributed by atoms with Crippen molar-refractivity contribution in [3.05, 3.63) is 18.0 Å². The van der Waals surface area contributed by atoms with Crippen molar-refractivity contribution in [3.8, 4) is 0 Å². The van der Waals surface area contributed by atoms with Crippen molar-refractivity contribution < 1.29 is 19.8 Å². The number of hydrogen-bond donors (Lipinski definition) is 4. The maximum Gasteiger partial charge on any atom is 0.332 e. The first-order valence-corrected chi connectivity index (χ1v) is 5.38. The van der Waals surface area contributed by atoms with Gasteiger partial charge < -0.3 is 20.4 Å². The molecule has 1 rings (SSSR count). The highest BCUT2D eigenvalue weighted by atomic mass is 16.4. The molecule has 0 radical (unpaired) electrons. The summed E-state index contributed by atoms with van der Waals surface area (Å²) in [5.74, 6) is -1.30. The summed E-state index contributed by atoms with van der Waals surface area (Å²) in [6.07, 6.45) is 1.81. The highest BCUT2D eigenvalue weighted by Gasteiger charge is 2.14. The Morgan fingerprint density at radius 1 is 1.61 bits per heavy atom. The number of carbonyl (C=O) groups is 2. The molecule has 1 aromatic heterocycles. The lowest BCUT2D eigenvalue weighted by Crippen LogP contribution is -2.38. The smallest absolute Gasteiger partial charge is 0.332 e. The minimum absolute atomic E-state index is 0.0272. The van der Waals surface area contributed by atoms with Crippen LogP contribution in [0.5, 0.6) is 0 Å². The number of aliphatic hydroxyl groups excluding tert-OH is 1. The number of carboxylic acid groups (broad SMARTS) is 1. The number of carbonyl (C=O) groups excluding carboxylic acids is 1. The van der Waals surface area contributed by atoms with E-state index in [1.54, 1.807) is 19.4 Å². The molecule has 0 spiro atoms. The fraction of sp³-hybridized carbons (Fsp3) is 0.500. The maximum absolute atomic E-state index is 11.6. The van der Waals surface area contributed by atoms with Gasteiger partial charge in [-0.15, -0.1) is 0 Å². The standard InChI is InChI=1S/C10H16N4O4/c1-14(6-7-4-12-13-5-7)10(18)11-3-2-8(15)9(16)17/h4-5,8,15H,2-3,6H2,1H3,(H,11,18)(H,12,13)(H,16,17)/t8-/m0/s1. The highest BCUT2D eigenvalue weighted by Crippen LogP contribution is 1.99. The second-order valence-corrected chi connectivity index (χ2v) is 3.84. The molecule has 100 valence electrons. The van der Waals surface area contributed by atoms with Gasteiger partial charge >= 0.3 is 12.0 Å². The largest absolute Gasteiger partial charge is 0.479 e. The lowest BCUT2D eigenvalue weighted by molar-refractivity contribution is -0.146. The van der Waals surface area contributed by atoms with E-state index in [-0.39, 0.29) is 19.0 Å². The summed E-state index contributed by atoms with van der Waals surface area (Å²) in [4.78, 5) is 23.3. The predicted molar refractivity (Wildman–Crippen MR) is 61.7 cm³/mol. The van der Waals surface area contributed by atoms with E-state index in [0.29, 0.717) is 6.54 Å². The van der Waals surface area contributed by atoms with Crippen LogP contribution in [0.2, 0.25) is 0 Å². The number of aliphatic hydroxyl groups is 1. The zero-order chi connectivity index (χ0) is 13.5. The molecule has 4 N–H and O–H groups in total. The van der Waals surface area contributed by atoms with Crippen LogP contribution in [0.4, 0.5) is 4.79 Å². The van der Waals surface area contributed by atoms with Crippen LogP contribution in [0.3, 0.4) is 0 Å². The van der Waals surface area contributed by atoms with Gasteiger partial charge in [0, 0.05) is 31.8 Å². The SMILES string of the molecule is CN(Cc1cn[nH]c1)C(=O)NCC[C@H](O)C(=O)O. The number of aromatic amines is 1. The van der Waals surface area contributed by atoms with Crippen LogP contribution in [0.25, 0.3) is 0 Å². The third kappa shape index (κ3) is 4.42. The lowest BCUT2D eigenvalue weighted by atomic mass is 10.2. The average Bonchev–Trinajstić information content (AvgIpc) is 2.81. The number of urea groups is 1. The molecule has 0 aliphatic heterocycles. The fourth-order valence-electron chi connectivity index (χ4n) is 1.28. The summed E-state index contributed by atoms with van der Waals surface area (Å²) in [5.41, 5.74) is 0.859. The third-order valence-corrected chi connectivity index (χ3v) is 2.30. The van der Waals surface area contributed by atoms with E-state index in [4.69, 9.17) is 10.2 Å². The summed E-state index contributed by atoms with van der Waals surface area (Å²) in [7, 11) is 1.61. The summed E-state index contributed by atoms with van der Waals surface area (Å²) >= 11 is 0. The number of amides is 2. The molecule has 1 aromatic rings. The van der Waals surface area contributed by atoms with Gasteiger partial charge in [-0.1, -0.05) is 0 Å². The van der Waals surface area contributed by atoms with Gasteiger partial charge in [-0.25, -0.2) is 9.59 Å². The molecule has 0 fully saturated rings. The van der Waals surface area contributed by atoms with Gasteiger partial charge in [0.1, 0.15) is 0 Å². The summed E-state index contributed by atoms with van der Waals surface area (Å²) in [6.45, 7) is 0.492. The molecule has 8 nitrogen and oxygen atoms in total. The molecule has 0 saturated carbocycles. The summed E-state index contributed by atoms with van der Waals surface area (Å²) in [6, 6.07) is -0.339. The molecule has 1 atom stereocenters. The second-order valence-electron chi connectivity index (χ2n) is 3.84. The Morgan fingerprint density at radius 2 is 2.33 bits per heavy atom. The van der Waals surface area contributed by atoms with Gasteiger partial charge in [0.05, 0.1) is 12.7 Å². The zero-order valence-electron chi connectivity index (χ0n) is 9.96. The van der Waals surface area contributed by atoms with E-state index in [0.717, 1.165) is 5.56 Å². The van der Waals surface area contributed by atoms with Crippen molar-refractivity contribution in [2.75, 3.05) is 13.6 Å². The van der Waals surface area contributed by atoms with E-state index in [2.05, 4.69) is 15.5 Å². The average molecular weight is 256 g/mol. The molecule has 0 bridgehead atoms. The minimum Gasteiger partial charge on any atom is -0.479 e. The third-order valence-electron chi connectivity index (χ3n) is 2.30.